The van der Waals surface area contributed by atoms with E-state index in [1.54, 1.807) is 61.7 Å². The Morgan fingerprint density at radius 2 is 1.33 bits per heavy atom. The van der Waals surface area contributed by atoms with Gasteiger partial charge in [-0.25, -0.2) is 8.42 Å². The number of nitrogens with zero attached hydrogens (tertiary/aromatic N) is 2. The second kappa shape index (κ2) is 15.0. The molecule has 0 radical (unpaired) electrons. The van der Waals surface area contributed by atoms with Crippen molar-refractivity contribution in [1.29, 1.82) is 0 Å². The van der Waals surface area contributed by atoms with Crippen LogP contribution in [-0.4, -0.2) is 50.4 Å². The lowest BCUT2D eigenvalue weighted by atomic mass is 10.1. The average Bonchev–Trinajstić information content (AvgIpc) is 3.04. The normalized spacial score (nSPS) is 12.1. The van der Waals surface area contributed by atoms with E-state index < -0.39 is 34.1 Å². The number of para-hydroxylation sites is 1. The van der Waals surface area contributed by atoms with Crippen LogP contribution in [0.2, 0.25) is 0 Å². The van der Waals surface area contributed by atoms with Crippen molar-refractivity contribution in [3.63, 3.8) is 0 Å². The van der Waals surface area contributed by atoms with Crippen molar-refractivity contribution in [3.8, 4) is 17.2 Å². The molecule has 2 amide bonds. The maximum Gasteiger partial charge on any atom is 0.264 e. The third kappa shape index (κ3) is 8.88. The van der Waals surface area contributed by atoms with E-state index in [2.05, 4.69) is 5.32 Å². The zero-order valence-corrected chi connectivity index (χ0v) is 27.7. The number of sulfonamides is 1. The second-order valence-electron chi connectivity index (χ2n) is 11.8. The topological polar surface area (TPSA) is 105 Å². The van der Waals surface area contributed by atoms with E-state index in [-0.39, 0.29) is 23.0 Å². The Hall–Kier alpha value is -4.83. The van der Waals surface area contributed by atoms with Gasteiger partial charge in [0.2, 0.25) is 11.8 Å². The molecule has 242 valence electrons. The fourth-order valence-corrected chi connectivity index (χ4v) is 6.29. The largest absolute Gasteiger partial charge is 0.497 e. The predicted octanol–water partition coefficient (Wildman–Crippen LogP) is 6.40. The summed E-state index contributed by atoms with van der Waals surface area (Å²) in [5.74, 6) is 0.934. The van der Waals surface area contributed by atoms with E-state index in [0.717, 1.165) is 9.87 Å². The maximum atomic E-state index is 14.3. The molecule has 0 saturated heterocycles. The fraction of sp³-hybridized carbons (Fsp3) is 0.278. The summed E-state index contributed by atoms with van der Waals surface area (Å²) in [6.45, 7) is 6.98. The predicted molar refractivity (Wildman–Crippen MR) is 179 cm³/mol. The minimum Gasteiger partial charge on any atom is -0.497 e. The number of rotatable bonds is 13. The van der Waals surface area contributed by atoms with Crippen LogP contribution in [-0.2, 0) is 26.2 Å². The number of benzene rings is 4. The zero-order valence-electron chi connectivity index (χ0n) is 26.8. The zero-order chi connectivity index (χ0) is 33.3. The van der Waals surface area contributed by atoms with E-state index in [1.807, 2.05) is 70.2 Å². The monoisotopic (exact) mass is 643 g/mol. The standard InChI is InChI=1S/C36H41N3O6S/c1-6-33(35(41)37-36(2,3)4)38(25-27-17-21-29(44-5)22-18-27)34(40)26-39(46(42,43)32-15-11-8-12-16-32)28-19-23-31(24-20-28)45-30-13-9-7-10-14-30/h7-24,33H,6,25-26H2,1-5H3,(H,37,41)/t33-/m0/s1. The van der Waals surface area contributed by atoms with Crippen LogP contribution < -0.4 is 19.1 Å². The van der Waals surface area contributed by atoms with Crippen molar-refractivity contribution in [2.24, 2.45) is 0 Å². The molecule has 0 aliphatic rings. The SMILES string of the molecule is CC[C@@H](C(=O)NC(C)(C)C)N(Cc1ccc(OC)cc1)C(=O)CN(c1ccc(Oc2ccccc2)cc1)S(=O)(=O)c1ccccc1. The molecular weight excluding hydrogens is 602 g/mol. The minimum atomic E-state index is -4.19. The molecule has 4 rings (SSSR count). The molecule has 4 aromatic carbocycles. The van der Waals surface area contributed by atoms with Crippen molar-refractivity contribution in [2.75, 3.05) is 18.0 Å². The number of hydrogen-bond donors (Lipinski definition) is 1. The van der Waals surface area contributed by atoms with Crippen LogP contribution >= 0.6 is 0 Å². The highest BCUT2D eigenvalue weighted by Gasteiger charge is 2.34. The lowest BCUT2D eigenvalue weighted by Gasteiger charge is -2.34. The third-order valence-electron chi connectivity index (χ3n) is 7.11. The Morgan fingerprint density at radius 1 is 0.783 bits per heavy atom. The van der Waals surface area contributed by atoms with Gasteiger partial charge in [0.05, 0.1) is 17.7 Å². The lowest BCUT2D eigenvalue weighted by molar-refractivity contribution is -0.141. The first-order valence-electron chi connectivity index (χ1n) is 15.1. The Labute approximate surface area is 271 Å². The van der Waals surface area contributed by atoms with Gasteiger partial charge in [0.25, 0.3) is 10.0 Å². The quantitative estimate of drug-likeness (QED) is 0.181. The van der Waals surface area contributed by atoms with E-state index in [4.69, 9.17) is 9.47 Å². The molecule has 0 aliphatic carbocycles. The Morgan fingerprint density at radius 3 is 1.87 bits per heavy atom. The first-order chi connectivity index (χ1) is 21.9. The molecule has 0 aliphatic heterocycles. The van der Waals surface area contributed by atoms with Gasteiger partial charge >= 0.3 is 0 Å². The van der Waals surface area contributed by atoms with E-state index in [9.17, 15) is 18.0 Å². The molecule has 10 heteroatoms. The van der Waals surface area contributed by atoms with Crippen LogP contribution in [0.5, 0.6) is 17.2 Å². The van der Waals surface area contributed by atoms with Crippen molar-refractivity contribution in [2.45, 2.75) is 57.1 Å². The molecule has 0 aromatic heterocycles. The van der Waals surface area contributed by atoms with E-state index >= 15 is 0 Å². The molecule has 1 atom stereocenters. The smallest absolute Gasteiger partial charge is 0.264 e. The number of methoxy groups -OCH3 is 1. The first-order valence-corrected chi connectivity index (χ1v) is 16.5. The molecule has 0 saturated carbocycles. The summed E-state index contributed by atoms with van der Waals surface area (Å²) in [4.78, 5) is 29.3. The van der Waals surface area contributed by atoms with Crippen LogP contribution in [0.4, 0.5) is 5.69 Å². The number of hydrogen-bond acceptors (Lipinski definition) is 6. The minimum absolute atomic E-state index is 0.0339. The van der Waals surface area contributed by atoms with Crippen molar-refractivity contribution in [3.05, 3.63) is 115 Å². The highest BCUT2D eigenvalue weighted by molar-refractivity contribution is 7.92. The summed E-state index contributed by atoms with van der Waals surface area (Å²) in [7, 11) is -2.62. The molecule has 0 heterocycles. The van der Waals surface area contributed by atoms with Crippen LogP contribution in [0.3, 0.4) is 0 Å². The highest BCUT2D eigenvalue weighted by atomic mass is 32.2. The summed E-state index contributed by atoms with van der Waals surface area (Å²) in [6, 6.07) is 30.0. The van der Waals surface area contributed by atoms with Crippen molar-refractivity contribution in [1.82, 2.24) is 10.2 Å². The number of carbonyl (C=O) groups excluding carboxylic acids is 2. The molecule has 9 nitrogen and oxygen atoms in total. The molecule has 4 aromatic rings. The summed E-state index contributed by atoms with van der Waals surface area (Å²) < 4.78 is 40.4. The van der Waals surface area contributed by atoms with Crippen LogP contribution in [0, 0.1) is 0 Å². The second-order valence-corrected chi connectivity index (χ2v) is 13.6. The summed E-state index contributed by atoms with van der Waals surface area (Å²) in [6.07, 6.45) is 0.320. The Bertz CT molecular complexity index is 1690. The van der Waals surface area contributed by atoms with Gasteiger partial charge in [-0.15, -0.1) is 0 Å². The van der Waals surface area contributed by atoms with Gasteiger partial charge in [0.1, 0.15) is 29.8 Å². The number of amides is 2. The summed E-state index contributed by atoms with van der Waals surface area (Å²) in [5.41, 5.74) is 0.497. The Balaban J connectivity index is 1.72. The van der Waals surface area contributed by atoms with Gasteiger partial charge in [-0.05, 0) is 93.4 Å². The van der Waals surface area contributed by atoms with E-state index in [0.29, 0.717) is 23.7 Å². The molecular formula is C36H41N3O6S. The van der Waals surface area contributed by atoms with Gasteiger partial charge in [0, 0.05) is 12.1 Å². The molecule has 1 N–H and O–H groups in total. The summed E-state index contributed by atoms with van der Waals surface area (Å²) in [5, 5.41) is 2.98. The highest BCUT2D eigenvalue weighted by Crippen LogP contribution is 2.29. The fourth-order valence-electron chi connectivity index (χ4n) is 4.85. The van der Waals surface area contributed by atoms with Gasteiger partial charge in [0.15, 0.2) is 0 Å². The first kappa shape index (κ1) is 34.1. The molecule has 46 heavy (non-hydrogen) atoms. The molecule has 0 bridgehead atoms. The molecule has 0 fully saturated rings. The molecule has 0 unspecified atom stereocenters. The van der Waals surface area contributed by atoms with Gasteiger partial charge in [-0.2, -0.15) is 0 Å². The van der Waals surface area contributed by atoms with Gasteiger partial charge in [-0.3, -0.25) is 13.9 Å². The number of nitrogens with one attached hydrogen (secondary N) is 1. The summed E-state index contributed by atoms with van der Waals surface area (Å²) >= 11 is 0. The van der Waals surface area contributed by atoms with Gasteiger partial charge < -0.3 is 19.7 Å². The number of anilines is 1. The van der Waals surface area contributed by atoms with Crippen molar-refractivity contribution >= 4 is 27.5 Å². The third-order valence-corrected chi connectivity index (χ3v) is 8.90. The number of carbonyl (C=O) groups is 2. The lowest BCUT2D eigenvalue weighted by Crippen LogP contribution is -2.55. The Kier molecular flexibility index (Phi) is 11.1. The number of ether oxygens (including phenoxy) is 2. The van der Waals surface area contributed by atoms with Crippen LogP contribution in [0.25, 0.3) is 0 Å². The molecule has 0 spiro atoms. The van der Waals surface area contributed by atoms with Gasteiger partial charge in [-0.1, -0.05) is 55.5 Å². The van der Waals surface area contributed by atoms with Crippen LogP contribution in [0.15, 0.2) is 114 Å². The van der Waals surface area contributed by atoms with Crippen molar-refractivity contribution < 1.29 is 27.5 Å². The maximum absolute atomic E-state index is 14.3. The average molecular weight is 644 g/mol. The van der Waals surface area contributed by atoms with E-state index in [1.165, 1.54) is 17.0 Å². The van der Waals surface area contributed by atoms with Crippen LogP contribution in [0.1, 0.15) is 39.7 Å².